The standard InChI is InChI=1S/C28H42O2/c1-9-27(7,20-14-16-23(3)4)29-26(22-25-18-12-11-13-19-25)30-28(8,10-2)21-15-17-24(5)6/h9-13,16-19,26H,1-2,14-15,20-22H2,3-8H3. The zero-order valence-electron chi connectivity index (χ0n) is 20.0. The molecule has 0 heterocycles. The van der Waals surface area contributed by atoms with Crippen molar-refractivity contribution >= 4 is 0 Å². The maximum atomic E-state index is 6.57. The molecule has 0 amide bonds. The molecule has 1 aromatic carbocycles. The predicted octanol–water partition coefficient (Wildman–Crippen LogP) is 7.97. The van der Waals surface area contributed by atoms with E-state index in [2.05, 4.69) is 91.1 Å². The fourth-order valence-electron chi connectivity index (χ4n) is 3.23. The van der Waals surface area contributed by atoms with Crippen molar-refractivity contribution in [1.29, 1.82) is 0 Å². The van der Waals surface area contributed by atoms with Gasteiger partial charge in [-0.1, -0.05) is 65.8 Å². The molecule has 2 heteroatoms. The van der Waals surface area contributed by atoms with Crippen molar-refractivity contribution in [2.24, 2.45) is 0 Å². The number of allylic oxidation sites excluding steroid dienone is 4. The summed E-state index contributed by atoms with van der Waals surface area (Å²) in [7, 11) is 0. The number of hydrogen-bond acceptors (Lipinski definition) is 2. The summed E-state index contributed by atoms with van der Waals surface area (Å²) in [6.07, 6.45) is 12.2. The Kier molecular flexibility index (Phi) is 11.1. The molecule has 0 aliphatic heterocycles. The van der Waals surface area contributed by atoms with Crippen LogP contribution in [0.3, 0.4) is 0 Å². The minimum atomic E-state index is -0.465. The lowest BCUT2D eigenvalue weighted by molar-refractivity contribution is -0.228. The van der Waals surface area contributed by atoms with Crippen molar-refractivity contribution < 1.29 is 9.47 Å². The summed E-state index contributed by atoms with van der Waals surface area (Å²) in [6.45, 7) is 20.8. The number of benzene rings is 1. The first-order valence-corrected chi connectivity index (χ1v) is 11.0. The zero-order valence-corrected chi connectivity index (χ0v) is 20.0. The first kappa shape index (κ1) is 26.1. The van der Waals surface area contributed by atoms with Gasteiger partial charge in [0.1, 0.15) is 0 Å². The van der Waals surface area contributed by atoms with Crippen molar-refractivity contribution in [3.8, 4) is 0 Å². The van der Waals surface area contributed by atoms with Crippen LogP contribution in [-0.4, -0.2) is 17.5 Å². The molecule has 0 aromatic heterocycles. The molecule has 0 radical (unpaired) electrons. The Labute approximate surface area is 185 Å². The lowest BCUT2D eigenvalue weighted by atomic mass is 9.98. The van der Waals surface area contributed by atoms with Crippen LogP contribution in [0.15, 0.2) is 78.9 Å². The molecular formula is C28H42O2. The topological polar surface area (TPSA) is 18.5 Å². The van der Waals surface area contributed by atoms with Crippen molar-refractivity contribution in [2.45, 2.75) is 91.1 Å². The molecule has 0 spiro atoms. The average molecular weight is 411 g/mol. The minimum absolute atomic E-state index is 0.392. The number of rotatable bonds is 14. The Morgan fingerprint density at radius 1 is 0.833 bits per heavy atom. The Balaban J connectivity index is 3.02. The number of hydrogen-bond donors (Lipinski definition) is 0. The van der Waals surface area contributed by atoms with Crippen molar-refractivity contribution in [3.63, 3.8) is 0 Å². The van der Waals surface area contributed by atoms with E-state index in [1.165, 1.54) is 16.7 Å². The minimum Gasteiger partial charge on any atom is -0.342 e. The fourth-order valence-corrected chi connectivity index (χ4v) is 3.23. The summed E-state index contributed by atoms with van der Waals surface area (Å²) in [5.41, 5.74) is 2.89. The monoisotopic (exact) mass is 410 g/mol. The molecule has 2 nitrogen and oxygen atoms in total. The maximum Gasteiger partial charge on any atom is 0.163 e. The lowest BCUT2D eigenvalue weighted by Crippen LogP contribution is -2.40. The average Bonchev–Trinajstić information content (AvgIpc) is 2.68. The zero-order chi connectivity index (χ0) is 22.6. The van der Waals surface area contributed by atoms with Gasteiger partial charge in [-0.05, 0) is 72.8 Å². The van der Waals surface area contributed by atoms with E-state index in [9.17, 15) is 0 Å². The van der Waals surface area contributed by atoms with Gasteiger partial charge in [-0.2, -0.15) is 0 Å². The van der Waals surface area contributed by atoms with Gasteiger partial charge in [-0.15, -0.1) is 13.2 Å². The van der Waals surface area contributed by atoms with Crippen LogP contribution < -0.4 is 0 Å². The summed E-state index contributed by atoms with van der Waals surface area (Å²) in [4.78, 5) is 0. The first-order valence-electron chi connectivity index (χ1n) is 11.0. The van der Waals surface area contributed by atoms with E-state index >= 15 is 0 Å². The van der Waals surface area contributed by atoms with Gasteiger partial charge in [0, 0.05) is 6.42 Å². The van der Waals surface area contributed by atoms with Crippen molar-refractivity contribution in [3.05, 3.63) is 84.5 Å². The van der Waals surface area contributed by atoms with Crippen LogP contribution in [-0.2, 0) is 15.9 Å². The first-order chi connectivity index (χ1) is 14.1. The largest absolute Gasteiger partial charge is 0.342 e. The van der Waals surface area contributed by atoms with Gasteiger partial charge < -0.3 is 9.47 Å². The third-order valence-corrected chi connectivity index (χ3v) is 5.30. The molecular weight excluding hydrogens is 368 g/mol. The summed E-state index contributed by atoms with van der Waals surface area (Å²) >= 11 is 0. The molecule has 0 aliphatic rings. The highest BCUT2D eigenvalue weighted by atomic mass is 16.7. The summed E-state index contributed by atoms with van der Waals surface area (Å²) in [6, 6.07) is 10.4. The van der Waals surface area contributed by atoms with Gasteiger partial charge in [0.2, 0.25) is 0 Å². The van der Waals surface area contributed by atoms with Crippen LogP contribution >= 0.6 is 0 Å². The fraction of sp³-hybridized carbons (Fsp3) is 0.500. The van der Waals surface area contributed by atoms with Gasteiger partial charge in [-0.25, -0.2) is 0 Å². The second kappa shape index (κ2) is 12.7. The van der Waals surface area contributed by atoms with Crippen LogP contribution in [0.5, 0.6) is 0 Å². The third-order valence-electron chi connectivity index (χ3n) is 5.30. The highest BCUT2D eigenvalue weighted by Crippen LogP contribution is 2.29. The molecule has 0 N–H and O–H groups in total. The van der Waals surface area contributed by atoms with E-state index in [0.717, 1.165) is 25.7 Å². The summed E-state index contributed by atoms with van der Waals surface area (Å²) < 4.78 is 13.1. The van der Waals surface area contributed by atoms with Crippen LogP contribution in [0, 0.1) is 0 Å². The molecule has 2 unspecified atom stereocenters. The smallest absolute Gasteiger partial charge is 0.163 e. The predicted molar refractivity (Wildman–Crippen MR) is 131 cm³/mol. The molecule has 1 rings (SSSR count). The van der Waals surface area contributed by atoms with Gasteiger partial charge in [0.25, 0.3) is 0 Å². The van der Waals surface area contributed by atoms with Crippen molar-refractivity contribution in [1.82, 2.24) is 0 Å². The highest BCUT2D eigenvalue weighted by molar-refractivity contribution is 5.15. The van der Waals surface area contributed by atoms with Crippen LogP contribution in [0.4, 0.5) is 0 Å². The van der Waals surface area contributed by atoms with Gasteiger partial charge in [-0.3, -0.25) is 0 Å². The molecule has 166 valence electrons. The van der Waals surface area contributed by atoms with Crippen LogP contribution in [0.1, 0.15) is 72.8 Å². The Bertz CT molecular complexity index is 665. The molecule has 30 heavy (non-hydrogen) atoms. The Morgan fingerprint density at radius 2 is 1.27 bits per heavy atom. The van der Waals surface area contributed by atoms with E-state index < -0.39 is 17.5 Å². The maximum absolute atomic E-state index is 6.57. The molecule has 0 saturated carbocycles. The van der Waals surface area contributed by atoms with E-state index in [0.29, 0.717) is 6.42 Å². The SMILES string of the molecule is C=CC(C)(CCC=C(C)C)OC(Cc1ccccc1)OC(C)(C=C)CCC=C(C)C. The van der Waals surface area contributed by atoms with Gasteiger partial charge in [0.15, 0.2) is 6.29 Å². The van der Waals surface area contributed by atoms with Gasteiger partial charge >= 0.3 is 0 Å². The quantitative estimate of drug-likeness (QED) is 0.229. The third kappa shape index (κ3) is 10.2. The van der Waals surface area contributed by atoms with E-state index in [1.807, 2.05) is 18.2 Å². The normalized spacial score (nSPS) is 15.9. The Morgan fingerprint density at radius 3 is 1.63 bits per heavy atom. The molecule has 1 aromatic rings. The lowest BCUT2D eigenvalue weighted by Gasteiger charge is -2.37. The Hall–Kier alpha value is -1.90. The van der Waals surface area contributed by atoms with Crippen LogP contribution in [0.25, 0.3) is 0 Å². The molecule has 0 aliphatic carbocycles. The molecule has 0 fully saturated rings. The van der Waals surface area contributed by atoms with E-state index in [4.69, 9.17) is 9.47 Å². The summed E-state index contributed by atoms with van der Waals surface area (Å²) in [5, 5.41) is 0. The number of ether oxygens (including phenoxy) is 2. The van der Waals surface area contributed by atoms with E-state index in [1.54, 1.807) is 0 Å². The second-order valence-electron chi connectivity index (χ2n) is 9.03. The van der Waals surface area contributed by atoms with Crippen LogP contribution in [0.2, 0.25) is 0 Å². The van der Waals surface area contributed by atoms with E-state index in [-0.39, 0.29) is 0 Å². The second-order valence-corrected chi connectivity index (χ2v) is 9.03. The molecule has 0 saturated heterocycles. The molecule has 0 bridgehead atoms. The highest BCUT2D eigenvalue weighted by Gasteiger charge is 2.31. The van der Waals surface area contributed by atoms with Gasteiger partial charge in [0.05, 0.1) is 11.2 Å². The summed E-state index contributed by atoms with van der Waals surface area (Å²) in [5.74, 6) is 0. The molecule has 2 atom stereocenters. The van der Waals surface area contributed by atoms with Crippen molar-refractivity contribution in [2.75, 3.05) is 0 Å².